The van der Waals surface area contributed by atoms with Crippen LogP contribution in [0.4, 0.5) is 5.69 Å². The van der Waals surface area contributed by atoms with Gasteiger partial charge in [-0.05, 0) is 37.0 Å². The molecule has 1 aliphatic rings. The Morgan fingerprint density at radius 3 is 2.56 bits per heavy atom. The van der Waals surface area contributed by atoms with E-state index in [1.807, 2.05) is 49.4 Å². The van der Waals surface area contributed by atoms with Crippen LogP contribution in [0.5, 0.6) is 0 Å². The van der Waals surface area contributed by atoms with E-state index in [-0.39, 0.29) is 11.8 Å². The summed E-state index contributed by atoms with van der Waals surface area (Å²) in [5.74, 6) is -0.0488. The first-order chi connectivity index (χ1) is 12.2. The molecule has 4 heteroatoms. The molecule has 4 nitrogen and oxygen atoms in total. The highest BCUT2D eigenvalue weighted by Gasteiger charge is 2.37. The van der Waals surface area contributed by atoms with E-state index in [4.69, 9.17) is 0 Å². The first-order valence-corrected chi connectivity index (χ1v) is 8.92. The summed E-state index contributed by atoms with van der Waals surface area (Å²) in [4.78, 5) is 27.0. The molecule has 0 aliphatic carbocycles. The van der Waals surface area contributed by atoms with Crippen LogP contribution in [0.3, 0.4) is 0 Å². The lowest BCUT2D eigenvalue weighted by atomic mass is 10.1. The van der Waals surface area contributed by atoms with Crippen LogP contribution >= 0.6 is 0 Å². The first kappa shape index (κ1) is 17.2. The third kappa shape index (κ3) is 3.90. The summed E-state index contributed by atoms with van der Waals surface area (Å²) in [7, 11) is 0. The molecule has 3 rings (SSSR count). The lowest BCUT2D eigenvalue weighted by molar-refractivity contribution is -0.126. The smallest absolute Gasteiger partial charge is 0.243 e. The van der Waals surface area contributed by atoms with E-state index in [9.17, 15) is 9.59 Å². The molecule has 130 valence electrons. The molecule has 0 spiro atoms. The maximum atomic E-state index is 12.9. The molecule has 0 aromatic heterocycles. The molecule has 2 aromatic rings. The molecule has 0 saturated carbocycles. The maximum Gasteiger partial charge on any atom is 0.243 e. The number of rotatable bonds is 6. The predicted octanol–water partition coefficient (Wildman–Crippen LogP) is 3.10. The molecule has 0 fully saturated rings. The SMILES string of the molecule is CCNC(=O)C1Cc2ccccc2N1C(=O)CCCc1ccccc1. The molecule has 1 heterocycles. The van der Waals surface area contributed by atoms with Gasteiger partial charge in [0.1, 0.15) is 6.04 Å². The summed E-state index contributed by atoms with van der Waals surface area (Å²) in [5, 5.41) is 2.86. The number of aryl methyl sites for hydroxylation is 1. The Morgan fingerprint density at radius 2 is 1.80 bits per heavy atom. The molecule has 1 atom stereocenters. The van der Waals surface area contributed by atoms with Crippen molar-refractivity contribution < 1.29 is 9.59 Å². The predicted molar refractivity (Wildman–Crippen MR) is 99.5 cm³/mol. The lowest BCUT2D eigenvalue weighted by Gasteiger charge is -2.25. The fourth-order valence-electron chi connectivity index (χ4n) is 3.40. The molecule has 2 amide bonds. The summed E-state index contributed by atoms with van der Waals surface area (Å²) in [5.41, 5.74) is 3.18. The van der Waals surface area contributed by atoms with Gasteiger partial charge in [0, 0.05) is 25.1 Å². The molecule has 0 bridgehead atoms. The van der Waals surface area contributed by atoms with Gasteiger partial charge >= 0.3 is 0 Å². The van der Waals surface area contributed by atoms with Gasteiger partial charge in [-0.1, -0.05) is 48.5 Å². The number of fused-ring (bicyclic) bond motifs is 1. The summed E-state index contributed by atoms with van der Waals surface area (Å²) in [6.45, 7) is 2.47. The van der Waals surface area contributed by atoms with Crippen molar-refractivity contribution in [2.45, 2.75) is 38.6 Å². The second kappa shape index (κ2) is 7.97. The summed E-state index contributed by atoms with van der Waals surface area (Å²) < 4.78 is 0. The van der Waals surface area contributed by atoms with Crippen molar-refractivity contribution in [1.29, 1.82) is 0 Å². The van der Waals surface area contributed by atoms with Crippen molar-refractivity contribution in [2.24, 2.45) is 0 Å². The van der Waals surface area contributed by atoms with Crippen molar-refractivity contribution in [3.63, 3.8) is 0 Å². The average Bonchev–Trinajstić information content (AvgIpc) is 3.02. The minimum Gasteiger partial charge on any atom is -0.355 e. The van der Waals surface area contributed by atoms with Crippen LogP contribution < -0.4 is 10.2 Å². The number of benzene rings is 2. The van der Waals surface area contributed by atoms with Crippen molar-refractivity contribution in [3.8, 4) is 0 Å². The van der Waals surface area contributed by atoms with Crippen molar-refractivity contribution in [1.82, 2.24) is 5.32 Å². The zero-order valence-electron chi connectivity index (χ0n) is 14.6. The van der Waals surface area contributed by atoms with Gasteiger partial charge in [0.25, 0.3) is 0 Å². The van der Waals surface area contributed by atoms with Gasteiger partial charge in [-0.25, -0.2) is 0 Å². The van der Waals surface area contributed by atoms with Crippen molar-refractivity contribution in [3.05, 3.63) is 65.7 Å². The molecule has 0 saturated heterocycles. The van der Waals surface area contributed by atoms with Crippen LogP contribution in [-0.4, -0.2) is 24.4 Å². The van der Waals surface area contributed by atoms with Crippen LogP contribution in [0.2, 0.25) is 0 Å². The van der Waals surface area contributed by atoms with E-state index in [2.05, 4.69) is 17.4 Å². The van der Waals surface area contributed by atoms with Crippen LogP contribution in [0.1, 0.15) is 30.9 Å². The highest BCUT2D eigenvalue weighted by atomic mass is 16.2. The van der Waals surface area contributed by atoms with Crippen molar-refractivity contribution >= 4 is 17.5 Å². The van der Waals surface area contributed by atoms with Gasteiger partial charge in [0.2, 0.25) is 11.8 Å². The number of likely N-dealkylation sites (N-methyl/N-ethyl adjacent to an activating group) is 1. The fraction of sp³-hybridized carbons (Fsp3) is 0.333. The Balaban J connectivity index is 1.70. The second-order valence-electron chi connectivity index (χ2n) is 6.35. The number of nitrogens with one attached hydrogen (secondary N) is 1. The van der Waals surface area contributed by atoms with Gasteiger partial charge in [-0.3, -0.25) is 14.5 Å². The number of para-hydroxylation sites is 1. The van der Waals surface area contributed by atoms with Crippen LogP contribution in [-0.2, 0) is 22.4 Å². The molecule has 1 N–H and O–H groups in total. The topological polar surface area (TPSA) is 49.4 Å². The number of hydrogen-bond acceptors (Lipinski definition) is 2. The molecule has 25 heavy (non-hydrogen) atoms. The Kier molecular flexibility index (Phi) is 5.49. The largest absolute Gasteiger partial charge is 0.355 e. The summed E-state index contributed by atoms with van der Waals surface area (Å²) in [6.07, 6.45) is 2.68. The highest BCUT2D eigenvalue weighted by molar-refractivity contribution is 6.03. The van der Waals surface area contributed by atoms with E-state index < -0.39 is 6.04 Å². The van der Waals surface area contributed by atoms with E-state index in [0.717, 1.165) is 24.1 Å². The maximum absolute atomic E-state index is 12.9. The van der Waals surface area contributed by atoms with Crippen LogP contribution in [0.15, 0.2) is 54.6 Å². The number of nitrogens with zero attached hydrogens (tertiary/aromatic N) is 1. The first-order valence-electron chi connectivity index (χ1n) is 8.92. The fourth-order valence-corrected chi connectivity index (χ4v) is 3.40. The number of carbonyl (C=O) groups excluding carboxylic acids is 2. The Labute approximate surface area is 148 Å². The highest BCUT2D eigenvalue weighted by Crippen LogP contribution is 2.33. The number of carbonyl (C=O) groups is 2. The lowest BCUT2D eigenvalue weighted by Crippen LogP contribution is -2.48. The Morgan fingerprint density at radius 1 is 1.08 bits per heavy atom. The summed E-state index contributed by atoms with van der Waals surface area (Å²) >= 11 is 0. The van der Waals surface area contributed by atoms with Crippen LogP contribution in [0, 0.1) is 0 Å². The Hall–Kier alpha value is -2.62. The minimum atomic E-state index is -0.429. The normalized spacial score (nSPS) is 15.7. The third-order valence-electron chi connectivity index (χ3n) is 4.60. The molecule has 1 aliphatic heterocycles. The van der Waals surface area contributed by atoms with E-state index in [1.54, 1.807) is 4.90 Å². The minimum absolute atomic E-state index is 0.0251. The standard InChI is InChI=1S/C21H24N2O2/c1-2-22-21(25)19-15-17-12-6-7-13-18(17)23(19)20(24)14-8-11-16-9-4-3-5-10-16/h3-7,9-10,12-13,19H,2,8,11,14-15H2,1H3,(H,22,25). The van der Waals surface area contributed by atoms with Crippen molar-refractivity contribution in [2.75, 3.05) is 11.4 Å². The Bertz CT molecular complexity index is 743. The van der Waals surface area contributed by atoms with Gasteiger partial charge in [0.05, 0.1) is 0 Å². The summed E-state index contributed by atoms with van der Waals surface area (Å²) in [6, 6.07) is 17.6. The van der Waals surface area contributed by atoms with Gasteiger partial charge in [-0.2, -0.15) is 0 Å². The number of hydrogen-bond donors (Lipinski definition) is 1. The number of amides is 2. The van der Waals surface area contributed by atoms with Gasteiger partial charge < -0.3 is 5.32 Å². The molecule has 1 unspecified atom stereocenters. The second-order valence-corrected chi connectivity index (χ2v) is 6.35. The number of anilines is 1. The van der Waals surface area contributed by atoms with E-state index >= 15 is 0 Å². The molecular weight excluding hydrogens is 312 g/mol. The monoisotopic (exact) mass is 336 g/mol. The van der Waals surface area contributed by atoms with Crippen LogP contribution in [0.25, 0.3) is 0 Å². The van der Waals surface area contributed by atoms with Gasteiger partial charge in [-0.15, -0.1) is 0 Å². The van der Waals surface area contributed by atoms with E-state index in [1.165, 1.54) is 5.56 Å². The molecular formula is C21H24N2O2. The quantitative estimate of drug-likeness (QED) is 0.881. The third-order valence-corrected chi connectivity index (χ3v) is 4.60. The molecule has 0 radical (unpaired) electrons. The zero-order valence-corrected chi connectivity index (χ0v) is 14.6. The zero-order chi connectivity index (χ0) is 17.6. The average molecular weight is 336 g/mol. The molecule has 2 aromatic carbocycles. The van der Waals surface area contributed by atoms with E-state index in [0.29, 0.717) is 19.4 Å². The van der Waals surface area contributed by atoms with Gasteiger partial charge in [0.15, 0.2) is 0 Å².